The fourth-order valence-corrected chi connectivity index (χ4v) is 2.05. The Kier molecular flexibility index (Phi) is 3.41. The molecule has 0 atom stereocenters. The van der Waals surface area contributed by atoms with Gasteiger partial charge in [-0.05, 0) is 18.6 Å². The molecular weight excluding hydrogens is 232 g/mol. The lowest BCUT2D eigenvalue weighted by molar-refractivity contribution is -0.383. The standard InChI is InChI=1S/C13H14N2O3/c1-2-4-10(16)9-14-8-7-11-12(14)5-3-6-13(11)15(17)18/h3,5-8H,2,4,9H2,1H3. The molecule has 0 amide bonds. The molecule has 0 bridgehead atoms. The van der Waals surface area contributed by atoms with Crippen molar-refractivity contribution < 1.29 is 9.72 Å². The third-order valence-corrected chi connectivity index (χ3v) is 2.86. The Bertz CT molecular complexity index is 601. The predicted octanol–water partition coefficient (Wildman–Crippen LogP) is 2.92. The molecule has 0 aliphatic carbocycles. The van der Waals surface area contributed by atoms with E-state index >= 15 is 0 Å². The van der Waals surface area contributed by atoms with Gasteiger partial charge in [-0.15, -0.1) is 0 Å². The van der Waals surface area contributed by atoms with E-state index in [2.05, 4.69) is 0 Å². The van der Waals surface area contributed by atoms with Crippen molar-refractivity contribution in [2.45, 2.75) is 26.3 Å². The van der Waals surface area contributed by atoms with E-state index < -0.39 is 4.92 Å². The molecule has 1 aromatic carbocycles. The molecule has 0 aliphatic heterocycles. The van der Waals surface area contributed by atoms with Gasteiger partial charge in [0.15, 0.2) is 5.78 Å². The monoisotopic (exact) mass is 246 g/mol. The number of aromatic nitrogens is 1. The minimum atomic E-state index is -0.402. The highest BCUT2D eigenvalue weighted by Crippen LogP contribution is 2.26. The summed E-state index contributed by atoms with van der Waals surface area (Å²) in [5, 5.41) is 11.5. The molecule has 5 heteroatoms. The highest BCUT2D eigenvalue weighted by molar-refractivity contribution is 5.90. The molecule has 0 aliphatic rings. The Morgan fingerprint density at radius 1 is 1.39 bits per heavy atom. The molecule has 0 N–H and O–H groups in total. The molecule has 2 aromatic rings. The maximum atomic E-state index is 11.6. The van der Waals surface area contributed by atoms with Crippen LogP contribution in [0.1, 0.15) is 19.8 Å². The number of carbonyl (C=O) groups is 1. The maximum Gasteiger partial charge on any atom is 0.278 e. The Morgan fingerprint density at radius 2 is 2.17 bits per heavy atom. The van der Waals surface area contributed by atoms with Gasteiger partial charge in [-0.1, -0.05) is 13.0 Å². The third kappa shape index (κ3) is 2.25. The number of hydrogen-bond acceptors (Lipinski definition) is 3. The van der Waals surface area contributed by atoms with Crippen molar-refractivity contribution in [1.82, 2.24) is 4.57 Å². The van der Waals surface area contributed by atoms with Crippen LogP contribution < -0.4 is 0 Å². The van der Waals surface area contributed by atoms with Gasteiger partial charge in [0.2, 0.25) is 0 Å². The van der Waals surface area contributed by atoms with Crippen LogP contribution in [0.15, 0.2) is 30.5 Å². The molecule has 5 nitrogen and oxygen atoms in total. The van der Waals surface area contributed by atoms with Crippen LogP contribution in [0.4, 0.5) is 5.69 Å². The van der Waals surface area contributed by atoms with E-state index in [4.69, 9.17) is 0 Å². The molecule has 0 fully saturated rings. The maximum absolute atomic E-state index is 11.6. The molecule has 1 heterocycles. The number of nitro benzene ring substituents is 1. The molecule has 1 aromatic heterocycles. The van der Waals surface area contributed by atoms with Crippen molar-refractivity contribution in [3.05, 3.63) is 40.6 Å². The number of rotatable bonds is 5. The van der Waals surface area contributed by atoms with E-state index in [1.807, 2.05) is 6.92 Å². The van der Waals surface area contributed by atoms with Crippen LogP contribution in [0, 0.1) is 10.1 Å². The van der Waals surface area contributed by atoms with Crippen molar-refractivity contribution in [1.29, 1.82) is 0 Å². The molecule has 0 saturated heterocycles. The summed E-state index contributed by atoms with van der Waals surface area (Å²) in [5.74, 6) is 0.140. The molecule has 2 rings (SSSR count). The van der Waals surface area contributed by atoms with Crippen LogP contribution in [0.5, 0.6) is 0 Å². The topological polar surface area (TPSA) is 65.1 Å². The van der Waals surface area contributed by atoms with Gasteiger partial charge in [-0.3, -0.25) is 14.9 Å². The largest absolute Gasteiger partial charge is 0.340 e. The van der Waals surface area contributed by atoms with E-state index in [1.165, 1.54) is 6.07 Å². The first kappa shape index (κ1) is 12.3. The average Bonchev–Trinajstić information content (AvgIpc) is 2.72. The minimum absolute atomic E-state index is 0.0780. The van der Waals surface area contributed by atoms with E-state index in [0.29, 0.717) is 11.8 Å². The summed E-state index contributed by atoms with van der Waals surface area (Å²) in [5.41, 5.74) is 0.808. The van der Waals surface area contributed by atoms with Crippen LogP contribution in [0.25, 0.3) is 10.9 Å². The van der Waals surface area contributed by atoms with E-state index in [0.717, 1.165) is 11.9 Å². The zero-order valence-corrected chi connectivity index (χ0v) is 10.1. The van der Waals surface area contributed by atoms with Crippen molar-refractivity contribution in [2.75, 3.05) is 0 Å². The molecule has 94 valence electrons. The van der Waals surface area contributed by atoms with Crippen LogP contribution >= 0.6 is 0 Å². The van der Waals surface area contributed by atoms with Crippen molar-refractivity contribution in [3.8, 4) is 0 Å². The minimum Gasteiger partial charge on any atom is -0.340 e. The Labute approximate surface area is 104 Å². The normalized spacial score (nSPS) is 10.7. The van der Waals surface area contributed by atoms with Crippen LogP contribution in [-0.4, -0.2) is 15.3 Å². The van der Waals surface area contributed by atoms with E-state index in [1.54, 1.807) is 29.0 Å². The molecule has 0 spiro atoms. The van der Waals surface area contributed by atoms with Gasteiger partial charge in [0.1, 0.15) is 0 Å². The first-order chi connectivity index (χ1) is 8.63. The van der Waals surface area contributed by atoms with Crippen LogP contribution in [-0.2, 0) is 11.3 Å². The van der Waals surface area contributed by atoms with Gasteiger partial charge >= 0.3 is 0 Å². The van der Waals surface area contributed by atoms with Gasteiger partial charge in [0.05, 0.1) is 22.4 Å². The van der Waals surface area contributed by atoms with Crippen LogP contribution in [0.3, 0.4) is 0 Å². The lowest BCUT2D eigenvalue weighted by Crippen LogP contribution is -2.08. The number of hydrogen-bond donors (Lipinski definition) is 0. The molecule has 18 heavy (non-hydrogen) atoms. The number of Topliss-reactive ketones (excluding diaryl/α,β-unsaturated/α-hetero) is 1. The summed E-state index contributed by atoms with van der Waals surface area (Å²) in [6, 6.07) is 6.59. The summed E-state index contributed by atoms with van der Waals surface area (Å²) in [6.07, 6.45) is 3.08. The van der Waals surface area contributed by atoms with E-state index in [-0.39, 0.29) is 18.0 Å². The predicted molar refractivity (Wildman–Crippen MR) is 68.5 cm³/mol. The van der Waals surface area contributed by atoms with Gasteiger partial charge in [0.25, 0.3) is 5.69 Å². The first-order valence-corrected chi connectivity index (χ1v) is 5.87. The number of carbonyl (C=O) groups excluding carboxylic acids is 1. The number of nitrogens with zero attached hydrogens (tertiary/aromatic N) is 2. The number of nitro groups is 1. The highest BCUT2D eigenvalue weighted by Gasteiger charge is 2.14. The number of ketones is 1. The summed E-state index contributed by atoms with van der Waals surface area (Å²) < 4.78 is 1.76. The van der Waals surface area contributed by atoms with Crippen LogP contribution in [0.2, 0.25) is 0 Å². The second-order valence-electron chi connectivity index (χ2n) is 4.20. The second kappa shape index (κ2) is 5.00. The Hall–Kier alpha value is -2.17. The van der Waals surface area contributed by atoms with Gasteiger partial charge in [-0.2, -0.15) is 0 Å². The third-order valence-electron chi connectivity index (χ3n) is 2.86. The number of fused-ring (bicyclic) bond motifs is 1. The van der Waals surface area contributed by atoms with Crippen molar-refractivity contribution >= 4 is 22.4 Å². The molecule has 0 unspecified atom stereocenters. The smallest absolute Gasteiger partial charge is 0.278 e. The fourth-order valence-electron chi connectivity index (χ4n) is 2.05. The summed E-state index contributed by atoms with van der Waals surface area (Å²) >= 11 is 0. The SMILES string of the molecule is CCCC(=O)Cn1ccc2c([N+](=O)[O-])cccc21. The number of benzene rings is 1. The zero-order chi connectivity index (χ0) is 13.1. The fraction of sp³-hybridized carbons (Fsp3) is 0.308. The Balaban J connectivity index is 2.40. The summed E-state index contributed by atoms with van der Waals surface area (Å²) in [4.78, 5) is 22.1. The molecule has 0 radical (unpaired) electrons. The first-order valence-electron chi connectivity index (χ1n) is 5.87. The van der Waals surface area contributed by atoms with E-state index in [9.17, 15) is 14.9 Å². The number of non-ortho nitro benzene ring substituents is 1. The lowest BCUT2D eigenvalue weighted by atomic mass is 10.2. The summed E-state index contributed by atoms with van der Waals surface area (Å²) in [6.45, 7) is 2.23. The summed E-state index contributed by atoms with van der Waals surface area (Å²) in [7, 11) is 0. The van der Waals surface area contributed by atoms with Crippen molar-refractivity contribution in [2.24, 2.45) is 0 Å². The zero-order valence-electron chi connectivity index (χ0n) is 10.1. The Morgan fingerprint density at radius 3 is 2.83 bits per heavy atom. The molecule has 0 saturated carbocycles. The van der Waals surface area contributed by atoms with Gasteiger partial charge in [0, 0.05) is 18.7 Å². The second-order valence-corrected chi connectivity index (χ2v) is 4.20. The highest BCUT2D eigenvalue weighted by atomic mass is 16.6. The quantitative estimate of drug-likeness (QED) is 0.601. The van der Waals surface area contributed by atoms with Crippen molar-refractivity contribution in [3.63, 3.8) is 0 Å². The lowest BCUT2D eigenvalue weighted by Gasteiger charge is -2.03. The average molecular weight is 246 g/mol. The van der Waals surface area contributed by atoms with Gasteiger partial charge < -0.3 is 4.57 Å². The molecular formula is C13H14N2O3. The van der Waals surface area contributed by atoms with Gasteiger partial charge in [-0.25, -0.2) is 0 Å².